The molecule has 1 atom stereocenters. The molecule has 1 aliphatic rings. The highest BCUT2D eigenvalue weighted by molar-refractivity contribution is 6.01. The Morgan fingerprint density at radius 2 is 1.96 bits per heavy atom. The van der Waals surface area contributed by atoms with Gasteiger partial charge in [0.15, 0.2) is 0 Å². The van der Waals surface area contributed by atoms with Gasteiger partial charge in [0, 0.05) is 17.8 Å². The van der Waals surface area contributed by atoms with E-state index in [-0.39, 0.29) is 17.4 Å². The van der Waals surface area contributed by atoms with E-state index < -0.39 is 11.9 Å². The molecule has 0 spiro atoms. The van der Waals surface area contributed by atoms with E-state index >= 15 is 0 Å². The molecule has 6 heteroatoms. The largest absolute Gasteiger partial charge is 0.497 e. The number of anilines is 1. The lowest BCUT2D eigenvalue weighted by Crippen LogP contribution is -2.43. The van der Waals surface area contributed by atoms with Crippen LogP contribution in [-0.2, 0) is 4.79 Å². The summed E-state index contributed by atoms with van der Waals surface area (Å²) in [5.41, 5.74) is 0.889. The number of nitrogens with one attached hydrogen (secondary N) is 1. The summed E-state index contributed by atoms with van der Waals surface area (Å²) in [4.78, 5) is 26.7. The fourth-order valence-electron chi connectivity index (χ4n) is 2.97. The van der Waals surface area contributed by atoms with Crippen LogP contribution >= 0.6 is 0 Å². The molecule has 1 aliphatic heterocycles. The molecular weight excluding hydrogens is 323 g/mol. The second kappa shape index (κ2) is 7.34. The number of halogens is 1. The number of carbonyl (C=O) groups excluding carboxylic acids is 2. The number of likely N-dealkylation sites (tertiary alicyclic amines) is 1. The van der Waals surface area contributed by atoms with Gasteiger partial charge in [0.1, 0.15) is 17.6 Å². The zero-order chi connectivity index (χ0) is 17.8. The maximum Gasteiger partial charge on any atom is 0.254 e. The van der Waals surface area contributed by atoms with Gasteiger partial charge in [0.25, 0.3) is 5.91 Å². The lowest BCUT2D eigenvalue weighted by Gasteiger charge is -2.24. The maximum atomic E-state index is 13.4. The summed E-state index contributed by atoms with van der Waals surface area (Å²) in [6.07, 6.45) is 1.32. The van der Waals surface area contributed by atoms with Crippen LogP contribution in [0, 0.1) is 5.82 Å². The molecular formula is C19H19FN2O3. The number of hydrogen-bond donors (Lipinski definition) is 1. The first kappa shape index (κ1) is 17.0. The number of ether oxygens (including phenoxy) is 1. The van der Waals surface area contributed by atoms with Crippen molar-refractivity contribution >= 4 is 17.5 Å². The van der Waals surface area contributed by atoms with E-state index in [9.17, 15) is 14.0 Å². The Bertz CT molecular complexity index is 776. The van der Waals surface area contributed by atoms with Gasteiger partial charge in [-0.15, -0.1) is 0 Å². The number of methoxy groups -OCH3 is 1. The smallest absolute Gasteiger partial charge is 0.254 e. The van der Waals surface area contributed by atoms with Gasteiger partial charge in [-0.25, -0.2) is 4.39 Å². The topological polar surface area (TPSA) is 58.6 Å². The van der Waals surface area contributed by atoms with Crippen LogP contribution in [0.4, 0.5) is 10.1 Å². The summed E-state index contributed by atoms with van der Waals surface area (Å²) in [5, 5.41) is 2.82. The molecule has 2 aromatic carbocycles. The van der Waals surface area contributed by atoms with Crippen LogP contribution in [0.2, 0.25) is 0 Å². The third-order valence-electron chi connectivity index (χ3n) is 4.25. The van der Waals surface area contributed by atoms with Crippen LogP contribution in [0.5, 0.6) is 5.75 Å². The minimum Gasteiger partial charge on any atom is -0.497 e. The fraction of sp³-hybridized carbons (Fsp3) is 0.263. The Hall–Kier alpha value is -2.89. The summed E-state index contributed by atoms with van der Waals surface area (Å²) in [6, 6.07) is 12.0. The molecule has 0 aliphatic carbocycles. The molecule has 2 aromatic rings. The highest BCUT2D eigenvalue weighted by Gasteiger charge is 2.34. The summed E-state index contributed by atoms with van der Waals surface area (Å²) in [7, 11) is 1.57. The van der Waals surface area contributed by atoms with Crippen LogP contribution in [0.1, 0.15) is 23.2 Å². The molecule has 0 bridgehead atoms. The molecule has 1 fully saturated rings. The molecule has 0 radical (unpaired) electrons. The zero-order valence-electron chi connectivity index (χ0n) is 13.9. The number of amides is 2. The predicted octanol–water partition coefficient (Wildman–Crippen LogP) is 3.08. The third-order valence-corrected chi connectivity index (χ3v) is 4.25. The highest BCUT2D eigenvalue weighted by Crippen LogP contribution is 2.23. The Morgan fingerprint density at radius 1 is 1.20 bits per heavy atom. The number of hydrogen-bond acceptors (Lipinski definition) is 3. The zero-order valence-corrected chi connectivity index (χ0v) is 13.9. The molecule has 3 rings (SSSR count). The van der Waals surface area contributed by atoms with Crippen LogP contribution < -0.4 is 10.1 Å². The average molecular weight is 342 g/mol. The minimum atomic E-state index is -0.558. The van der Waals surface area contributed by atoms with Crippen molar-refractivity contribution in [1.29, 1.82) is 0 Å². The normalized spacial score (nSPS) is 16.6. The van der Waals surface area contributed by atoms with Crippen LogP contribution in [0.15, 0.2) is 48.5 Å². The summed E-state index contributed by atoms with van der Waals surface area (Å²) in [5.74, 6) is -0.342. The van der Waals surface area contributed by atoms with Crippen LogP contribution in [-0.4, -0.2) is 36.4 Å². The van der Waals surface area contributed by atoms with Crippen molar-refractivity contribution in [2.24, 2.45) is 0 Å². The van der Waals surface area contributed by atoms with Gasteiger partial charge in [0.05, 0.1) is 7.11 Å². The second-order valence-electron chi connectivity index (χ2n) is 5.88. The summed E-state index contributed by atoms with van der Waals surface area (Å²) < 4.78 is 18.4. The first-order chi connectivity index (χ1) is 12.1. The number of benzene rings is 2. The summed E-state index contributed by atoms with van der Waals surface area (Å²) >= 11 is 0. The molecule has 5 nitrogen and oxygen atoms in total. The van der Waals surface area contributed by atoms with E-state index in [1.165, 1.54) is 23.1 Å². The molecule has 2 amide bonds. The molecule has 130 valence electrons. The van der Waals surface area contributed by atoms with Crippen molar-refractivity contribution in [1.82, 2.24) is 4.90 Å². The van der Waals surface area contributed by atoms with Gasteiger partial charge in [0.2, 0.25) is 5.91 Å². The van der Waals surface area contributed by atoms with Crippen molar-refractivity contribution in [3.05, 3.63) is 59.9 Å². The molecule has 1 unspecified atom stereocenters. The van der Waals surface area contributed by atoms with E-state index in [1.807, 2.05) is 0 Å². The Labute approximate surface area is 145 Å². The van der Waals surface area contributed by atoms with Crippen LogP contribution in [0.3, 0.4) is 0 Å². The number of nitrogens with zero attached hydrogens (tertiary/aromatic N) is 1. The van der Waals surface area contributed by atoms with Gasteiger partial charge < -0.3 is 15.0 Å². The van der Waals surface area contributed by atoms with Crippen LogP contribution in [0.25, 0.3) is 0 Å². The van der Waals surface area contributed by atoms with Gasteiger partial charge in [-0.1, -0.05) is 6.07 Å². The maximum absolute atomic E-state index is 13.4. The number of carbonyl (C=O) groups is 2. The lowest BCUT2D eigenvalue weighted by atomic mass is 10.1. The third kappa shape index (κ3) is 3.79. The molecule has 1 heterocycles. The molecule has 25 heavy (non-hydrogen) atoms. The fourth-order valence-corrected chi connectivity index (χ4v) is 2.97. The van der Waals surface area contributed by atoms with Crippen molar-refractivity contribution in [2.75, 3.05) is 19.0 Å². The Morgan fingerprint density at radius 3 is 2.64 bits per heavy atom. The highest BCUT2D eigenvalue weighted by atomic mass is 19.1. The van der Waals surface area contributed by atoms with Gasteiger partial charge in [-0.3, -0.25) is 9.59 Å². The Kier molecular flexibility index (Phi) is 4.97. The molecule has 0 aromatic heterocycles. The quantitative estimate of drug-likeness (QED) is 0.929. The first-order valence-electron chi connectivity index (χ1n) is 8.10. The predicted molar refractivity (Wildman–Crippen MR) is 92.1 cm³/mol. The molecule has 0 saturated carbocycles. The molecule has 1 N–H and O–H groups in total. The van der Waals surface area contributed by atoms with Crippen molar-refractivity contribution in [3.8, 4) is 5.75 Å². The lowest BCUT2D eigenvalue weighted by molar-refractivity contribution is -0.119. The van der Waals surface area contributed by atoms with Gasteiger partial charge in [-0.05, 0) is 55.3 Å². The Balaban J connectivity index is 1.71. The van der Waals surface area contributed by atoms with E-state index in [0.717, 1.165) is 6.42 Å². The SMILES string of the molecule is COc1ccc(NC(=O)C2CCCN2C(=O)c2cccc(F)c2)cc1. The second-order valence-corrected chi connectivity index (χ2v) is 5.88. The van der Waals surface area contributed by atoms with Crippen molar-refractivity contribution in [3.63, 3.8) is 0 Å². The van der Waals surface area contributed by atoms with Gasteiger partial charge >= 0.3 is 0 Å². The van der Waals surface area contributed by atoms with Crippen molar-refractivity contribution in [2.45, 2.75) is 18.9 Å². The number of rotatable bonds is 4. The van der Waals surface area contributed by atoms with E-state index in [0.29, 0.717) is 24.4 Å². The first-order valence-corrected chi connectivity index (χ1v) is 8.10. The van der Waals surface area contributed by atoms with Gasteiger partial charge in [-0.2, -0.15) is 0 Å². The summed E-state index contributed by atoms with van der Waals surface area (Å²) in [6.45, 7) is 0.482. The minimum absolute atomic E-state index is 0.243. The van der Waals surface area contributed by atoms with E-state index in [1.54, 1.807) is 37.4 Å². The van der Waals surface area contributed by atoms with E-state index in [2.05, 4.69) is 5.32 Å². The average Bonchev–Trinajstić information content (AvgIpc) is 3.11. The van der Waals surface area contributed by atoms with E-state index in [4.69, 9.17) is 4.74 Å². The molecule has 1 saturated heterocycles. The van der Waals surface area contributed by atoms with Crippen molar-refractivity contribution < 1.29 is 18.7 Å². The monoisotopic (exact) mass is 342 g/mol. The standard InChI is InChI=1S/C19H19FN2O3/c1-25-16-9-7-15(8-10-16)21-18(23)17-6-3-11-22(17)19(24)13-4-2-5-14(20)12-13/h2,4-5,7-10,12,17H,3,6,11H2,1H3,(H,21,23).